The number of piperidine rings is 1. The molecule has 0 atom stereocenters. The Balaban J connectivity index is 2.04. The lowest BCUT2D eigenvalue weighted by Gasteiger charge is -2.34. The molecule has 0 bridgehead atoms. The number of rotatable bonds is 4. The molecule has 6 nitrogen and oxygen atoms in total. The second-order valence-electron chi connectivity index (χ2n) is 7.33. The fourth-order valence-electron chi connectivity index (χ4n) is 2.85. The summed E-state index contributed by atoms with van der Waals surface area (Å²) < 4.78 is 10.7. The van der Waals surface area contributed by atoms with E-state index in [-0.39, 0.29) is 17.9 Å². The first kappa shape index (κ1) is 19.1. The molecule has 138 valence electrons. The number of carbonyl (C=O) groups excluding carboxylic acids is 2. The molecule has 1 aromatic carbocycles. The summed E-state index contributed by atoms with van der Waals surface area (Å²) in [6.45, 7) is 6.88. The predicted molar refractivity (Wildman–Crippen MR) is 96.1 cm³/mol. The first-order valence-electron chi connectivity index (χ1n) is 8.59. The van der Waals surface area contributed by atoms with Gasteiger partial charge in [-0.3, -0.25) is 9.59 Å². The highest BCUT2D eigenvalue weighted by Crippen LogP contribution is 2.30. The van der Waals surface area contributed by atoms with Crippen LogP contribution in [0, 0.1) is 5.41 Å². The van der Waals surface area contributed by atoms with Crippen molar-refractivity contribution in [1.82, 2.24) is 10.2 Å². The van der Waals surface area contributed by atoms with Crippen LogP contribution in [0.3, 0.4) is 0 Å². The maximum Gasteiger partial charge on any atom is 0.261 e. The summed E-state index contributed by atoms with van der Waals surface area (Å²) in [5, 5.41) is 3.08. The van der Waals surface area contributed by atoms with Crippen molar-refractivity contribution in [3.05, 3.63) is 23.8 Å². The van der Waals surface area contributed by atoms with Crippen LogP contribution in [0.15, 0.2) is 18.2 Å². The molecule has 0 spiro atoms. The highest BCUT2D eigenvalue weighted by molar-refractivity contribution is 5.99. The third-order valence-electron chi connectivity index (χ3n) is 4.44. The summed E-state index contributed by atoms with van der Waals surface area (Å²) in [5.74, 6) is 0.957. The topological polar surface area (TPSA) is 67.9 Å². The van der Waals surface area contributed by atoms with Crippen molar-refractivity contribution in [1.29, 1.82) is 0 Å². The molecular formula is C19H28N2O4. The van der Waals surface area contributed by atoms with E-state index in [2.05, 4.69) is 5.32 Å². The Labute approximate surface area is 149 Å². The Hall–Kier alpha value is -2.24. The van der Waals surface area contributed by atoms with E-state index in [1.807, 2.05) is 20.8 Å². The summed E-state index contributed by atoms with van der Waals surface area (Å²) in [4.78, 5) is 26.8. The lowest BCUT2D eigenvalue weighted by molar-refractivity contribution is -0.129. The second kappa shape index (κ2) is 7.76. The molecule has 0 saturated carbocycles. The summed E-state index contributed by atoms with van der Waals surface area (Å²) in [5.41, 5.74) is 0.0437. The van der Waals surface area contributed by atoms with Crippen LogP contribution in [-0.2, 0) is 4.79 Å². The third-order valence-corrected chi connectivity index (χ3v) is 4.44. The number of benzene rings is 1. The first-order chi connectivity index (χ1) is 11.8. The molecule has 1 heterocycles. The van der Waals surface area contributed by atoms with E-state index in [1.54, 1.807) is 37.3 Å². The van der Waals surface area contributed by atoms with Crippen molar-refractivity contribution in [3.63, 3.8) is 0 Å². The summed E-state index contributed by atoms with van der Waals surface area (Å²) >= 11 is 0. The minimum absolute atomic E-state index is 0.0451. The fraction of sp³-hybridized carbons (Fsp3) is 0.579. The summed E-state index contributed by atoms with van der Waals surface area (Å²) in [6.07, 6.45) is 1.48. The predicted octanol–water partition coefficient (Wildman–Crippen LogP) is 2.47. The van der Waals surface area contributed by atoms with Gasteiger partial charge in [0.15, 0.2) is 0 Å². The zero-order valence-electron chi connectivity index (χ0n) is 15.7. The van der Waals surface area contributed by atoms with E-state index in [0.717, 1.165) is 12.8 Å². The standard InChI is InChI=1S/C19H28N2O4/c1-19(2,3)18(23)20-13-9-11-21(12-10-13)17(22)16-14(24-4)7-6-8-15(16)25-5/h6-8,13H,9-12H2,1-5H3,(H,20,23). The first-order valence-corrected chi connectivity index (χ1v) is 8.59. The Morgan fingerprint density at radius 1 is 1.08 bits per heavy atom. The number of hydrogen-bond acceptors (Lipinski definition) is 4. The van der Waals surface area contributed by atoms with Crippen LogP contribution < -0.4 is 14.8 Å². The van der Waals surface area contributed by atoms with Crippen molar-refractivity contribution in [2.75, 3.05) is 27.3 Å². The molecule has 1 aromatic rings. The van der Waals surface area contributed by atoms with E-state index in [0.29, 0.717) is 30.2 Å². The fourth-order valence-corrected chi connectivity index (χ4v) is 2.85. The van der Waals surface area contributed by atoms with Gasteiger partial charge in [-0.25, -0.2) is 0 Å². The largest absolute Gasteiger partial charge is 0.496 e. The number of nitrogens with zero attached hydrogens (tertiary/aromatic N) is 1. The molecular weight excluding hydrogens is 320 g/mol. The molecule has 1 aliphatic heterocycles. The van der Waals surface area contributed by atoms with Gasteiger partial charge in [0.25, 0.3) is 5.91 Å². The van der Waals surface area contributed by atoms with Gasteiger partial charge in [-0.15, -0.1) is 0 Å². The van der Waals surface area contributed by atoms with E-state index >= 15 is 0 Å². The lowest BCUT2D eigenvalue weighted by Crippen LogP contribution is -2.49. The van der Waals surface area contributed by atoms with E-state index in [9.17, 15) is 9.59 Å². The number of carbonyl (C=O) groups is 2. The Morgan fingerprint density at radius 3 is 2.04 bits per heavy atom. The van der Waals surface area contributed by atoms with Crippen molar-refractivity contribution in [2.24, 2.45) is 5.41 Å². The maximum absolute atomic E-state index is 12.9. The SMILES string of the molecule is COc1cccc(OC)c1C(=O)N1CCC(NC(=O)C(C)(C)C)CC1. The second-order valence-corrected chi connectivity index (χ2v) is 7.33. The smallest absolute Gasteiger partial charge is 0.261 e. The van der Waals surface area contributed by atoms with Crippen LogP contribution >= 0.6 is 0 Å². The number of ether oxygens (including phenoxy) is 2. The molecule has 2 rings (SSSR count). The van der Waals surface area contributed by atoms with Crippen molar-refractivity contribution in [2.45, 2.75) is 39.7 Å². The van der Waals surface area contributed by atoms with Gasteiger partial charge in [0.05, 0.1) is 14.2 Å². The van der Waals surface area contributed by atoms with Crippen LogP contribution in [-0.4, -0.2) is 50.1 Å². The van der Waals surface area contributed by atoms with Crippen LogP contribution in [0.4, 0.5) is 0 Å². The van der Waals surface area contributed by atoms with Gasteiger partial charge in [0, 0.05) is 24.5 Å². The number of likely N-dealkylation sites (tertiary alicyclic amines) is 1. The molecule has 2 amide bonds. The average molecular weight is 348 g/mol. The molecule has 0 radical (unpaired) electrons. The van der Waals surface area contributed by atoms with Crippen molar-refractivity contribution < 1.29 is 19.1 Å². The van der Waals surface area contributed by atoms with Crippen molar-refractivity contribution >= 4 is 11.8 Å². The van der Waals surface area contributed by atoms with Gasteiger partial charge in [-0.1, -0.05) is 26.8 Å². The van der Waals surface area contributed by atoms with Crippen LogP contribution in [0.25, 0.3) is 0 Å². The monoisotopic (exact) mass is 348 g/mol. The molecule has 0 aromatic heterocycles. The molecule has 1 N–H and O–H groups in total. The van der Waals surface area contributed by atoms with Gasteiger partial charge in [0.2, 0.25) is 5.91 Å². The van der Waals surface area contributed by atoms with Gasteiger partial charge < -0.3 is 19.7 Å². The van der Waals surface area contributed by atoms with Crippen LogP contribution in [0.5, 0.6) is 11.5 Å². The van der Waals surface area contributed by atoms with Gasteiger partial charge in [-0.2, -0.15) is 0 Å². The summed E-state index contributed by atoms with van der Waals surface area (Å²) in [7, 11) is 3.08. The van der Waals surface area contributed by atoms with Gasteiger partial charge in [-0.05, 0) is 25.0 Å². The molecule has 0 aliphatic carbocycles. The Bertz CT molecular complexity index is 607. The summed E-state index contributed by atoms with van der Waals surface area (Å²) in [6, 6.07) is 5.41. The average Bonchev–Trinajstić information content (AvgIpc) is 2.60. The quantitative estimate of drug-likeness (QED) is 0.908. The molecule has 1 saturated heterocycles. The minimum atomic E-state index is -0.405. The van der Waals surface area contributed by atoms with E-state index in [4.69, 9.17) is 9.47 Å². The number of hydrogen-bond donors (Lipinski definition) is 1. The van der Waals surface area contributed by atoms with Gasteiger partial charge >= 0.3 is 0 Å². The highest BCUT2D eigenvalue weighted by Gasteiger charge is 2.30. The highest BCUT2D eigenvalue weighted by atomic mass is 16.5. The van der Waals surface area contributed by atoms with Gasteiger partial charge in [0.1, 0.15) is 17.1 Å². The molecule has 0 unspecified atom stereocenters. The van der Waals surface area contributed by atoms with E-state index < -0.39 is 5.41 Å². The molecule has 25 heavy (non-hydrogen) atoms. The molecule has 6 heteroatoms. The molecule has 1 aliphatic rings. The Morgan fingerprint density at radius 2 is 1.60 bits per heavy atom. The normalized spacial score (nSPS) is 15.6. The third kappa shape index (κ3) is 4.44. The van der Waals surface area contributed by atoms with Crippen LogP contribution in [0.1, 0.15) is 44.0 Å². The number of methoxy groups -OCH3 is 2. The molecule has 1 fully saturated rings. The lowest BCUT2D eigenvalue weighted by atomic mass is 9.94. The zero-order chi connectivity index (χ0) is 18.6. The van der Waals surface area contributed by atoms with Crippen molar-refractivity contribution in [3.8, 4) is 11.5 Å². The van der Waals surface area contributed by atoms with Crippen LogP contribution in [0.2, 0.25) is 0 Å². The number of amides is 2. The Kier molecular flexibility index (Phi) is 5.93. The number of nitrogens with one attached hydrogen (secondary N) is 1. The zero-order valence-corrected chi connectivity index (χ0v) is 15.7. The minimum Gasteiger partial charge on any atom is -0.496 e. The van der Waals surface area contributed by atoms with E-state index in [1.165, 1.54) is 0 Å². The maximum atomic E-state index is 12.9.